The van der Waals surface area contributed by atoms with Crippen molar-refractivity contribution in [1.82, 2.24) is 19.9 Å². The second kappa shape index (κ2) is 7.78. The maximum Gasteiger partial charge on any atom is 0.177 e. The molecule has 0 saturated carbocycles. The van der Waals surface area contributed by atoms with Gasteiger partial charge in [0.15, 0.2) is 22.8 Å². The Bertz CT molecular complexity index is 2210. The van der Waals surface area contributed by atoms with E-state index in [1.165, 1.54) is 0 Å². The summed E-state index contributed by atoms with van der Waals surface area (Å²) in [6.45, 7) is 0. The van der Waals surface area contributed by atoms with Gasteiger partial charge in [0.25, 0.3) is 0 Å². The number of fused-ring (bicyclic) bond motifs is 12. The van der Waals surface area contributed by atoms with E-state index in [1.54, 1.807) is 0 Å². The van der Waals surface area contributed by atoms with Crippen LogP contribution < -0.4 is 0 Å². The van der Waals surface area contributed by atoms with Crippen molar-refractivity contribution in [2.75, 3.05) is 0 Å². The Morgan fingerprint density at radius 2 is 0.756 bits per heavy atom. The zero-order valence-corrected chi connectivity index (χ0v) is 21.0. The van der Waals surface area contributed by atoms with Crippen LogP contribution in [0.2, 0.25) is 0 Å². The third-order valence-electron chi connectivity index (χ3n) is 8.08. The van der Waals surface area contributed by atoms with E-state index in [9.17, 15) is 21.0 Å². The Kier molecular flexibility index (Phi) is 4.27. The lowest BCUT2D eigenvalue weighted by atomic mass is 9.70. The Balaban J connectivity index is 1.59. The highest BCUT2D eigenvalue weighted by molar-refractivity contribution is 6.01. The Labute approximate surface area is 232 Å². The molecule has 0 bridgehead atoms. The van der Waals surface area contributed by atoms with E-state index >= 15 is 0 Å². The maximum absolute atomic E-state index is 9.64. The first kappa shape index (κ1) is 22.5. The molecule has 0 atom stereocenters. The molecule has 8 heteroatoms. The van der Waals surface area contributed by atoms with Crippen molar-refractivity contribution < 1.29 is 0 Å². The summed E-state index contributed by atoms with van der Waals surface area (Å²) in [7, 11) is 0. The standard InChI is InChI=1S/C33H12N8/c34-13-29-31(15-36)40-27-11-23-19(9-25(27)38-29)20-10-26-28(41-32(16-37)30(14-35)39-26)12-24(20)33(23)21-7-3-1-5-17(21)18-6-2-4-8-22(18)33/h1-12H. The molecule has 184 valence electrons. The van der Waals surface area contributed by atoms with Crippen LogP contribution in [0.1, 0.15) is 45.0 Å². The van der Waals surface area contributed by atoms with E-state index in [4.69, 9.17) is 0 Å². The molecule has 1 spiro atoms. The van der Waals surface area contributed by atoms with Crippen LogP contribution in [0.25, 0.3) is 44.3 Å². The van der Waals surface area contributed by atoms with Gasteiger partial charge in [-0.15, -0.1) is 0 Å². The predicted octanol–water partition coefficient (Wildman–Crippen LogP) is 5.40. The molecule has 0 radical (unpaired) electrons. The first-order valence-corrected chi connectivity index (χ1v) is 12.6. The Hall–Kier alpha value is -6.48. The summed E-state index contributed by atoms with van der Waals surface area (Å²) < 4.78 is 0. The van der Waals surface area contributed by atoms with Gasteiger partial charge in [-0.1, -0.05) is 48.5 Å². The van der Waals surface area contributed by atoms with Crippen LogP contribution >= 0.6 is 0 Å². The lowest BCUT2D eigenvalue weighted by Gasteiger charge is -2.30. The fourth-order valence-corrected chi connectivity index (χ4v) is 6.54. The normalized spacial score (nSPS) is 13.0. The number of nitrogens with zero attached hydrogens (tertiary/aromatic N) is 8. The molecule has 2 aliphatic rings. The third kappa shape index (κ3) is 2.68. The van der Waals surface area contributed by atoms with E-state index in [-0.39, 0.29) is 22.8 Å². The van der Waals surface area contributed by atoms with Gasteiger partial charge in [-0.05, 0) is 68.8 Å². The molecule has 0 amide bonds. The summed E-state index contributed by atoms with van der Waals surface area (Å²) in [5.41, 5.74) is 9.20. The molecule has 0 saturated heterocycles. The Morgan fingerprint density at radius 3 is 1.12 bits per heavy atom. The summed E-state index contributed by atoms with van der Waals surface area (Å²) in [6, 6.07) is 32.2. The number of hydrogen-bond acceptors (Lipinski definition) is 8. The van der Waals surface area contributed by atoms with Crippen LogP contribution in [0.3, 0.4) is 0 Å². The topological polar surface area (TPSA) is 147 Å². The monoisotopic (exact) mass is 520 g/mol. The van der Waals surface area contributed by atoms with Crippen LogP contribution in [0.15, 0.2) is 72.8 Å². The number of rotatable bonds is 0. The van der Waals surface area contributed by atoms with Gasteiger partial charge in [-0.2, -0.15) is 21.0 Å². The van der Waals surface area contributed by atoms with Crippen molar-refractivity contribution in [2.45, 2.75) is 5.41 Å². The maximum atomic E-state index is 9.64. The van der Waals surface area contributed by atoms with Crippen molar-refractivity contribution in [3.8, 4) is 46.5 Å². The quantitative estimate of drug-likeness (QED) is 0.258. The SMILES string of the molecule is N#Cc1nc2cc3c(cc2nc1C#N)C1(c2ccccc2-c2ccccc21)c1cc2nc(C#N)c(C#N)nc2cc1-3. The largest absolute Gasteiger partial charge is 0.232 e. The number of hydrogen-bond donors (Lipinski definition) is 0. The van der Waals surface area contributed by atoms with Gasteiger partial charge in [-0.25, -0.2) is 19.9 Å². The fraction of sp³-hybridized carbons (Fsp3) is 0.0303. The van der Waals surface area contributed by atoms with Crippen LogP contribution in [-0.4, -0.2) is 19.9 Å². The summed E-state index contributed by atoms with van der Waals surface area (Å²) in [5.74, 6) is 0. The van der Waals surface area contributed by atoms with Crippen molar-refractivity contribution in [1.29, 1.82) is 21.0 Å². The molecule has 8 rings (SSSR count). The Morgan fingerprint density at radius 1 is 0.415 bits per heavy atom. The summed E-state index contributed by atoms with van der Waals surface area (Å²) >= 11 is 0. The van der Waals surface area contributed by atoms with Gasteiger partial charge in [0, 0.05) is 0 Å². The van der Waals surface area contributed by atoms with Crippen LogP contribution in [0.4, 0.5) is 0 Å². The van der Waals surface area contributed by atoms with Crippen molar-refractivity contribution >= 4 is 22.1 Å². The zero-order valence-electron chi connectivity index (χ0n) is 21.0. The lowest BCUT2D eigenvalue weighted by molar-refractivity contribution is 0.795. The molecule has 8 nitrogen and oxygen atoms in total. The number of nitriles is 4. The molecule has 4 aromatic carbocycles. The van der Waals surface area contributed by atoms with Crippen molar-refractivity contribution in [3.05, 3.63) is 118 Å². The van der Waals surface area contributed by atoms with E-state index in [0.29, 0.717) is 22.1 Å². The minimum atomic E-state index is -0.745. The zero-order chi connectivity index (χ0) is 27.9. The van der Waals surface area contributed by atoms with Gasteiger partial charge in [0.05, 0.1) is 27.5 Å². The van der Waals surface area contributed by atoms with Crippen LogP contribution in [0, 0.1) is 45.3 Å². The highest BCUT2D eigenvalue weighted by Crippen LogP contribution is 2.63. The molecule has 0 fully saturated rings. The molecular formula is C33H12N8. The van der Waals surface area contributed by atoms with E-state index in [2.05, 4.69) is 44.2 Å². The average Bonchev–Trinajstić information content (AvgIpc) is 3.47. The van der Waals surface area contributed by atoms with Crippen LogP contribution in [-0.2, 0) is 5.41 Å². The van der Waals surface area contributed by atoms with Gasteiger partial charge in [-0.3, -0.25) is 0 Å². The van der Waals surface area contributed by atoms with Gasteiger partial charge in [0.2, 0.25) is 0 Å². The number of aromatic nitrogens is 4. The third-order valence-corrected chi connectivity index (χ3v) is 8.08. The molecular weight excluding hydrogens is 508 g/mol. The minimum Gasteiger partial charge on any atom is -0.232 e. The van der Waals surface area contributed by atoms with Gasteiger partial charge >= 0.3 is 0 Å². The summed E-state index contributed by atoms with van der Waals surface area (Å²) in [5, 5.41) is 38.5. The summed E-state index contributed by atoms with van der Waals surface area (Å²) in [6.07, 6.45) is 0. The van der Waals surface area contributed by atoms with E-state index < -0.39 is 5.41 Å². The highest BCUT2D eigenvalue weighted by atomic mass is 14.8. The molecule has 0 unspecified atom stereocenters. The van der Waals surface area contributed by atoms with Crippen LogP contribution in [0.5, 0.6) is 0 Å². The first-order chi connectivity index (χ1) is 20.1. The lowest BCUT2D eigenvalue weighted by Crippen LogP contribution is -2.26. The number of benzene rings is 4. The van der Waals surface area contributed by atoms with E-state index in [1.807, 2.05) is 72.8 Å². The molecule has 2 aromatic heterocycles. The molecule has 0 aliphatic heterocycles. The molecule has 2 heterocycles. The van der Waals surface area contributed by atoms with Crippen molar-refractivity contribution in [3.63, 3.8) is 0 Å². The summed E-state index contributed by atoms with van der Waals surface area (Å²) in [4.78, 5) is 18.0. The second-order valence-electron chi connectivity index (χ2n) is 9.90. The molecule has 2 aliphatic carbocycles. The second-order valence-corrected chi connectivity index (χ2v) is 9.90. The van der Waals surface area contributed by atoms with Gasteiger partial charge < -0.3 is 0 Å². The molecule has 0 N–H and O–H groups in total. The van der Waals surface area contributed by atoms with E-state index in [0.717, 1.165) is 44.5 Å². The average molecular weight is 521 g/mol. The van der Waals surface area contributed by atoms with Gasteiger partial charge in [0.1, 0.15) is 24.3 Å². The fourth-order valence-electron chi connectivity index (χ4n) is 6.54. The highest BCUT2D eigenvalue weighted by Gasteiger charge is 2.52. The van der Waals surface area contributed by atoms with Crippen molar-refractivity contribution in [2.24, 2.45) is 0 Å². The minimum absolute atomic E-state index is 0.0241. The molecule has 6 aromatic rings. The first-order valence-electron chi connectivity index (χ1n) is 12.6. The molecule has 41 heavy (non-hydrogen) atoms. The smallest absolute Gasteiger partial charge is 0.177 e. The predicted molar refractivity (Wildman–Crippen MR) is 148 cm³/mol.